The normalized spacial score (nSPS) is 10.7. The van der Waals surface area contributed by atoms with Crippen molar-refractivity contribution in [3.05, 3.63) is 39.5 Å². The number of aryl methyl sites for hydroxylation is 3. The summed E-state index contributed by atoms with van der Waals surface area (Å²) in [5, 5.41) is 12.9. The van der Waals surface area contributed by atoms with Gasteiger partial charge in [0.1, 0.15) is 0 Å². The maximum absolute atomic E-state index is 10.9. The number of carboxylic acids is 1. The summed E-state index contributed by atoms with van der Waals surface area (Å²) in [6.45, 7) is 4.02. The molecule has 1 aromatic heterocycles. The van der Waals surface area contributed by atoms with Crippen molar-refractivity contribution in [2.75, 3.05) is 0 Å². The molecule has 0 saturated carbocycles. The van der Waals surface area contributed by atoms with Gasteiger partial charge in [0.2, 0.25) is 0 Å². The second-order valence-electron chi connectivity index (χ2n) is 4.29. The molecule has 2 rings (SSSR count). The monoisotopic (exact) mass is 308 g/mol. The third kappa shape index (κ3) is 2.18. The molecule has 0 fully saturated rings. The van der Waals surface area contributed by atoms with Crippen molar-refractivity contribution in [1.29, 1.82) is 0 Å². The Bertz CT molecular complexity index is 632. The molecule has 0 spiro atoms. The summed E-state index contributed by atoms with van der Waals surface area (Å²) >= 11 is 3.54. The van der Waals surface area contributed by atoms with Crippen LogP contribution in [0.4, 0.5) is 0 Å². The Morgan fingerprint density at radius 3 is 2.56 bits per heavy atom. The smallest absolute Gasteiger partial charge is 0.356 e. The molecule has 0 aliphatic carbocycles. The lowest BCUT2D eigenvalue weighted by molar-refractivity contribution is 0.0689. The van der Waals surface area contributed by atoms with Gasteiger partial charge in [-0.2, -0.15) is 5.10 Å². The number of hydrogen-bond donors (Lipinski definition) is 1. The molecule has 1 N–H and O–H groups in total. The molecule has 4 nitrogen and oxygen atoms in total. The maximum atomic E-state index is 10.9. The lowest BCUT2D eigenvalue weighted by atomic mass is 10.0. The number of carbonyl (C=O) groups is 1. The fourth-order valence-electron chi connectivity index (χ4n) is 1.96. The number of rotatable bonds is 2. The molecule has 0 radical (unpaired) electrons. The first-order chi connectivity index (χ1) is 8.40. The number of nitrogens with zero attached hydrogens (tertiary/aromatic N) is 2. The van der Waals surface area contributed by atoms with E-state index in [2.05, 4.69) is 27.1 Å². The minimum absolute atomic E-state index is 0.0542. The van der Waals surface area contributed by atoms with Gasteiger partial charge in [0.05, 0.1) is 5.69 Å². The van der Waals surface area contributed by atoms with Gasteiger partial charge in [-0.1, -0.05) is 11.6 Å². The fraction of sp³-hybridized carbons (Fsp3) is 0.231. The summed E-state index contributed by atoms with van der Waals surface area (Å²) < 4.78 is 2.55. The van der Waals surface area contributed by atoms with Gasteiger partial charge in [0, 0.05) is 17.1 Å². The third-order valence-electron chi connectivity index (χ3n) is 2.77. The molecule has 94 valence electrons. The standard InChI is InChI=1S/C13H13BrN2O2/c1-7-4-8(2)12(14)9(5-7)11-6-10(13(17)18)15-16(11)3/h4-6H,1-3H3,(H,17,18). The van der Waals surface area contributed by atoms with E-state index in [1.165, 1.54) is 0 Å². The van der Waals surface area contributed by atoms with E-state index in [0.717, 1.165) is 26.9 Å². The van der Waals surface area contributed by atoms with Crippen molar-refractivity contribution in [3.8, 4) is 11.3 Å². The van der Waals surface area contributed by atoms with Crippen molar-refractivity contribution >= 4 is 21.9 Å². The molecule has 2 aromatic rings. The quantitative estimate of drug-likeness (QED) is 0.927. The van der Waals surface area contributed by atoms with Gasteiger partial charge >= 0.3 is 5.97 Å². The number of benzene rings is 1. The molecular formula is C13H13BrN2O2. The highest BCUT2D eigenvalue weighted by molar-refractivity contribution is 9.10. The third-order valence-corrected chi connectivity index (χ3v) is 3.83. The maximum Gasteiger partial charge on any atom is 0.356 e. The molecule has 0 atom stereocenters. The van der Waals surface area contributed by atoms with Gasteiger partial charge < -0.3 is 5.11 Å². The Kier molecular flexibility index (Phi) is 3.26. The van der Waals surface area contributed by atoms with Crippen LogP contribution in [0.25, 0.3) is 11.3 Å². The number of halogens is 1. The summed E-state index contributed by atoms with van der Waals surface area (Å²) in [7, 11) is 1.74. The molecule has 0 amide bonds. The Balaban J connectivity index is 2.65. The molecule has 1 heterocycles. The van der Waals surface area contributed by atoms with Crippen molar-refractivity contribution in [2.24, 2.45) is 7.05 Å². The predicted octanol–water partition coefficient (Wildman–Crippen LogP) is 3.16. The number of hydrogen-bond acceptors (Lipinski definition) is 2. The zero-order valence-electron chi connectivity index (χ0n) is 10.4. The van der Waals surface area contributed by atoms with Crippen LogP contribution in [-0.2, 0) is 7.05 Å². The first-order valence-corrected chi connectivity index (χ1v) is 6.24. The van der Waals surface area contributed by atoms with E-state index in [-0.39, 0.29) is 5.69 Å². The zero-order valence-corrected chi connectivity index (χ0v) is 11.9. The Hall–Kier alpha value is -1.62. The number of aromatic nitrogens is 2. The topological polar surface area (TPSA) is 55.1 Å². The van der Waals surface area contributed by atoms with Crippen molar-refractivity contribution < 1.29 is 9.90 Å². The predicted molar refractivity (Wildman–Crippen MR) is 72.8 cm³/mol. The SMILES string of the molecule is Cc1cc(C)c(Br)c(-c2cc(C(=O)O)nn2C)c1. The second kappa shape index (κ2) is 4.57. The number of carboxylic acid groups (broad SMARTS) is 1. The summed E-state index contributed by atoms with van der Waals surface area (Å²) in [5.41, 5.74) is 4.03. The molecule has 0 unspecified atom stereocenters. The van der Waals surface area contributed by atoms with Crippen molar-refractivity contribution in [2.45, 2.75) is 13.8 Å². The van der Waals surface area contributed by atoms with E-state index in [4.69, 9.17) is 5.11 Å². The van der Waals surface area contributed by atoms with Crippen LogP contribution in [0, 0.1) is 13.8 Å². The van der Waals surface area contributed by atoms with Gasteiger partial charge in [-0.05, 0) is 47.5 Å². The highest BCUT2D eigenvalue weighted by Gasteiger charge is 2.15. The van der Waals surface area contributed by atoms with Crippen molar-refractivity contribution in [3.63, 3.8) is 0 Å². The van der Waals surface area contributed by atoms with E-state index >= 15 is 0 Å². The van der Waals surface area contributed by atoms with E-state index in [1.807, 2.05) is 19.9 Å². The van der Waals surface area contributed by atoms with Crippen LogP contribution >= 0.6 is 15.9 Å². The highest BCUT2D eigenvalue weighted by atomic mass is 79.9. The van der Waals surface area contributed by atoms with Crippen LogP contribution in [0.15, 0.2) is 22.7 Å². The Morgan fingerprint density at radius 2 is 2.00 bits per heavy atom. The summed E-state index contributed by atoms with van der Waals surface area (Å²) in [6, 6.07) is 5.67. The second-order valence-corrected chi connectivity index (χ2v) is 5.08. The average molecular weight is 309 g/mol. The average Bonchev–Trinajstić information content (AvgIpc) is 2.66. The molecule has 18 heavy (non-hydrogen) atoms. The molecule has 0 bridgehead atoms. The summed E-state index contributed by atoms with van der Waals surface area (Å²) in [5.74, 6) is -1.02. The van der Waals surface area contributed by atoms with Gasteiger partial charge in [-0.25, -0.2) is 4.79 Å². The zero-order chi connectivity index (χ0) is 13.4. The minimum atomic E-state index is -1.02. The molecule has 5 heteroatoms. The summed E-state index contributed by atoms with van der Waals surface area (Å²) in [6.07, 6.45) is 0. The van der Waals surface area contributed by atoms with E-state index in [0.29, 0.717) is 0 Å². The summed E-state index contributed by atoms with van der Waals surface area (Å²) in [4.78, 5) is 10.9. The van der Waals surface area contributed by atoms with Gasteiger partial charge in [0.15, 0.2) is 5.69 Å². The largest absolute Gasteiger partial charge is 0.476 e. The van der Waals surface area contributed by atoms with Crippen molar-refractivity contribution in [1.82, 2.24) is 9.78 Å². The Morgan fingerprint density at radius 1 is 1.33 bits per heavy atom. The van der Waals surface area contributed by atoms with Crippen LogP contribution < -0.4 is 0 Å². The van der Waals surface area contributed by atoms with Crippen LogP contribution in [0.5, 0.6) is 0 Å². The first-order valence-electron chi connectivity index (χ1n) is 5.44. The van der Waals surface area contributed by atoms with Crippen LogP contribution in [0.1, 0.15) is 21.6 Å². The first kappa shape index (κ1) is 12.8. The van der Waals surface area contributed by atoms with Crippen LogP contribution in [-0.4, -0.2) is 20.9 Å². The fourth-order valence-corrected chi connectivity index (χ4v) is 2.39. The van der Waals surface area contributed by atoms with E-state index < -0.39 is 5.97 Å². The molecular weight excluding hydrogens is 296 g/mol. The molecule has 0 saturated heterocycles. The van der Waals surface area contributed by atoms with Gasteiger partial charge in [-0.3, -0.25) is 4.68 Å². The number of aromatic carboxylic acids is 1. The Labute approximate surface area is 113 Å². The highest BCUT2D eigenvalue weighted by Crippen LogP contribution is 2.32. The van der Waals surface area contributed by atoms with E-state index in [9.17, 15) is 4.79 Å². The lowest BCUT2D eigenvalue weighted by Crippen LogP contribution is -1.99. The van der Waals surface area contributed by atoms with Gasteiger partial charge in [-0.15, -0.1) is 0 Å². The molecule has 0 aliphatic heterocycles. The molecule has 0 aliphatic rings. The molecule has 1 aromatic carbocycles. The minimum Gasteiger partial charge on any atom is -0.476 e. The van der Waals surface area contributed by atoms with E-state index in [1.54, 1.807) is 17.8 Å². The van der Waals surface area contributed by atoms with Crippen LogP contribution in [0.2, 0.25) is 0 Å². The van der Waals surface area contributed by atoms with Crippen LogP contribution in [0.3, 0.4) is 0 Å². The van der Waals surface area contributed by atoms with Gasteiger partial charge in [0.25, 0.3) is 0 Å². The lowest BCUT2D eigenvalue weighted by Gasteiger charge is -2.09.